The largest absolute Gasteiger partial charge is 0.495 e. The first-order valence-electron chi connectivity index (χ1n) is 10.2. The molecule has 3 aromatic rings. The van der Waals surface area contributed by atoms with Gasteiger partial charge in [-0.25, -0.2) is 9.97 Å². The Morgan fingerprint density at radius 3 is 2.41 bits per heavy atom. The van der Waals surface area contributed by atoms with Crippen LogP contribution in [0.2, 0.25) is 10.0 Å². The summed E-state index contributed by atoms with van der Waals surface area (Å²) < 4.78 is 10.7. The van der Waals surface area contributed by atoms with E-state index in [1.54, 1.807) is 12.3 Å². The molecular weight excluding hydrogens is 453 g/mol. The summed E-state index contributed by atoms with van der Waals surface area (Å²) in [5.41, 5.74) is 2.13. The fraction of sp³-hybridized carbons (Fsp3) is 0.348. The van der Waals surface area contributed by atoms with Crippen LogP contribution >= 0.6 is 23.2 Å². The molecule has 1 aromatic heterocycles. The van der Waals surface area contributed by atoms with Crippen molar-refractivity contribution >= 4 is 46.0 Å². The number of carboxylic acids is 1. The topological polar surface area (TPSA) is 93.6 Å². The predicted octanol–water partition coefficient (Wildman–Crippen LogP) is 5.53. The summed E-state index contributed by atoms with van der Waals surface area (Å²) in [6.07, 6.45) is 2.93. The Morgan fingerprint density at radius 1 is 1.12 bits per heavy atom. The van der Waals surface area contributed by atoms with Crippen molar-refractivity contribution in [2.24, 2.45) is 11.8 Å². The summed E-state index contributed by atoms with van der Waals surface area (Å²) in [5.74, 6) is 0.546. The summed E-state index contributed by atoms with van der Waals surface area (Å²) in [6.45, 7) is 2.05. The number of fused-ring (bicyclic) bond motifs is 1. The Hall–Kier alpha value is -2.77. The predicted molar refractivity (Wildman–Crippen MR) is 125 cm³/mol. The van der Waals surface area contributed by atoms with Crippen molar-refractivity contribution in [3.05, 3.63) is 40.5 Å². The lowest BCUT2D eigenvalue weighted by Crippen LogP contribution is -2.23. The van der Waals surface area contributed by atoms with Crippen LogP contribution in [-0.2, 0) is 4.79 Å². The maximum atomic E-state index is 11.3. The Labute approximate surface area is 195 Å². The van der Waals surface area contributed by atoms with Crippen molar-refractivity contribution in [1.29, 1.82) is 0 Å². The van der Waals surface area contributed by atoms with Gasteiger partial charge in [-0.3, -0.25) is 4.79 Å². The van der Waals surface area contributed by atoms with Crippen LogP contribution in [0.25, 0.3) is 22.0 Å². The summed E-state index contributed by atoms with van der Waals surface area (Å²) in [4.78, 5) is 20.3. The molecule has 1 aliphatic rings. The third-order valence-electron chi connectivity index (χ3n) is 5.99. The molecule has 0 bridgehead atoms. The molecule has 3 atom stereocenters. The monoisotopic (exact) mass is 475 g/mol. The van der Waals surface area contributed by atoms with Crippen LogP contribution in [0, 0.1) is 11.8 Å². The minimum atomic E-state index is -0.750. The van der Waals surface area contributed by atoms with Gasteiger partial charge in [-0.2, -0.15) is 0 Å². The first kappa shape index (κ1) is 22.4. The number of benzene rings is 2. The molecule has 1 fully saturated rings. The summed E-state index contributed by atoms with van der Waals surface area (Å²) in [6, 6.07) is 7.33. The van der Waals surface area contributed by atoms with E-state index in [2.05, 4.69) is 15.3 Å². The molecule has 0 saturated heterocycles. The lowest BCUT2D eigenvalue weighted by atomic mass is 10.0. The van der Waals surface area contributed by atoms with Gasteiger partial charge in [-0.15, -0.1) is 0 Å². The summed E-state index contributed by atoms with van der Waals surface area (Å²) in [7, 11) is 3.07. The molecule has 9 heteroatoms. The minimum absolute atomic E-state index is 0.0229. The third kappa shape index (κ3) is 4.14. The van der Waals surface area contributed by atoms with Gasteiger partial charge >= 0.3 is 5.97 Å². The molecule has 1 saturated carbocycles. The van der Waals surface area contributed by atoms with E-state index in [4.69, 9.17) is 32.7 Å². The molecule has 4 rings (SSSR count). The Bertz CT molecular complexity index is 1160. The highest BCUT2D eigenvalue weighted by Gasteiger charge is 2.35. The smallest absolute Gasteiger partial charge is 0.306 e. The molecule has 1 heterocycles. The number of ether oxygens (including phenoxy) is 2. The molecule has 0 aliphatic heterocycles. The van der Waals surface area contributed by atoms with E-state index in [-0.39, 0.29) is 17.9 Å². The summed E-state index contributed by atoms with van der Waals surface area (Å²) >= 11 is 13.1. The van der Waals surface area contributed by atoms with Crippen molar-refractivity contribution in [1.82, 2.24) is 9.97 Å². The van der Waals surface area contributed by atoms with Gasteiger partial charge in [-0.1, -0.05) is 36.2 Å². The number of methoxy groups -OCH3 is 2. The van der Waals surface area contributed by atoms with Crippen LogP contribution in [0.1, 0.15) is 19.8 Å². The fourth-order valence-electron chi connectivity index (χ4n) is 4.21. The molecule has 32 heavy (non-hydrogen) atoms. The fourth-order valence-corrected chi connectivity index (χ4v) is 4.93. The van der Waals surface area contributed by atoms with Crippen LogP contribution in [0.15, 0.2) is 30.5 Å². The van der Waals surface area contributed by atoms with E-state index in [0.717, 1.165) is 16.5 Å². The highest BCUT2D eigenvalue weighted by molar-refractivity contribution is 6.41. The Morgan fingerprint density at radius 2 is 1.81 bits per heavy atom. The normalized spacial score (nSPS) is 20.3. The van der Waals surface area contributed by atoms with Gasteiger partial charge < -0.3 is 19.9 Å². The first-order chi connectivity index (χ1) is 15.3. The zero-order valence-electron chi connectivity index (χ0n) is 17.9. The molecule has 2 aromatic carbocycles. The molecule has 0 amide bonds. The maximum absolute atomic E-state index is 11.3. The average Bonchev–Trinajstić information content (AvgIpc) is 3.14. The highest BCUT2D eigenvalue weighted by atomic mass is 35.5. The molecule has 2 N–H and O–H groups in total. The maximum Gasteiger partial charge on any atom is 0.306 e. The zero-order chi connectivity index (χ0) is 23.0. The quantitative estimate of drug-likeness (QED) is 0.483. The van der Waals surface area contributed by atoms with E-state index >= 15 is 0 Å². The van der Waals surface area contributed by atoms with Crippen molar-refractivity contribution in [3.8, 4) is 22.6 Å². The third-order valence-corrected chi connectivity index (χ3v) is 6.74. The van der Waals surface area contributed by atoms with E-state index in [1.165, 1.54) is 14.2 Å². The van der Waals surface area contributed by atoms with Gasteiger partial charge in [0.1, 0.15) is 11.5 Å². The van der Waals surface area contributed by atoms with E-state index in [9.17, 15) is 9.90 Å². The Balaban J connectivity index is 1.65. The molecule has 7 nitrogen and oxygen atoms in total. The van der Waals surface area contributed by atoms with Crippen LogP contribution in [-0.4, -0.2) is 41.3 Å². The molecule has 1 aliphatic carbocycles. The van der Waals surface area contributed by atoms with Gasteiger partial charge in [0, 0.05) is 29.3 Å². The van der Waals surface area contributed by atoms with E-state index in [1.807, 2.05) is 25.1 Å². The van der Waals surface area contributed by atoms with Crippen LogP contribution in [0.4, 0.5) is 5.95 Å². The van der Waals surface area contributed by atoms with Crippen LogP contribution in [0.5, 0.6) is 11.5 Å². The highest BCUT2D eigenvalue weighted by Crippen LogP contribution is 2.46. The van der Waals surface area contributed by atoms with Gasteiger partial charge in [0.15, 0.2) is 0 Å². The van der Waals surface area contributed by atoms with Crippen molar-refractivity contribution in [3.63, 3.8) is 0 Å². The lowest BCUT2D eigenvalue weighted by Gasteiger charge is -2.17. The average molecular weight is 476 g/mol. The number of carbonyl (C=O) groups is 1. The standard InChI is InChI=1S/C23H23Cl2N3O4/c1-11-6-13(22(29)30)8-16(11)28-23-26-10-14-7-12(4-5-15(14)27-23)19-20(24)17(31-2)9-18(32-3)21(19)25/h4-5,7,9-11,13,16H,6,8H2,1-3H3,(H,29,30)(H,26,27,28). The molecule has 3 unspecified atom stereocenters. The number of aliphatic carboxylic acids is 1. The first-order valence-corrected chi connectivity index (χ1v) is 10.9. The van der Waals surface area contributed by atoms with Crippen molar-refractivity contribution in [2.45, 2.75) is 25.8 Å². The second-order valence-electron chi connectivity index (χ2n) is 7.99. The van der Waals surface area contributed by atoms with Gasteiger partial charge in [0.2, 0.25) is 5.95 Å². The number of hydrogen-bond donors (Lipinski definition) is 2. The van der Waals surface area contributed by atoms with Gasteiger partial charge in [-0.05, 0) is 36.5 Å². The number of carboxylic acid groups (broad SMARTS) is 1. The Kier molecular flexibility index (Phi) is 6.31. The second-order valence-corrected chi connectivity index (χ2v) is 8.74. The number of halogens is 2. The summed E-state index contributed by atoms with van der Waals surface area (Å²) in [5, 5.41) is 14.2. The number of rotatable bonds is 6. The number of hydrogen-bond acceptors (Lipinski definition) is 6. The van der Waals surface area contributed by atoms with E-state index in [0.29, 0.717) is 45.9 Å². The lowest BCUT2D eigenvalue weighted by molar-refractivity contribution is -0.141. The van der Waals surface area contributed by atoms with Gasteiger partial charge in [0.05, 0.1) is 35.7 Å². The number of aromatic nitrogens is 2. The zero-order valence-corrected chi connectivity index (χ0v) is 19.4. The van der Waals surface area contributed by atoms with Crippen molar-refractivity contribution in [2.75, 3.05) is 19.5 Å². The van der Waals surface area contributed by atoms with Crippen molar-refractivity contribution < 1.29 is 19.4 Å². The molecule has 168 valence electrons. The number of nitrogens with zero attached hydrogens (tertiary/aromatic N) is 2. The van der Waals surface area contributed by atoms with Crippen LogP contribution < -0.4 is 14.8 Å². The van der Waals surface area contributed by atoms with E-state index < -0.39 is 5.97 Å². The SMILES string of the molecule is COc1cc(OC)c(Cl)c(-c2ccc3nc(NC4CC(C(=O)O)CC4C)ncc3c2)c1Cl. The van der Waals surface area contributed by atoms with Crippen LogP contribution in [0.3, 0.4) is 0 Å². The minimum Gasteiger partial charge on any atom is -0.495 e. The molecular formula is C23H23Cl2N3O4. The molecule has 0 radical (unpaired) electrons. The molecule has 0 spiro atoms. The number of nitrogens with one attached hydrogen (secondary N) is 1. The number of anilines is 1. The second kappa shape index (κ2) is 9.00. The van der Waals surface area contributed by atoms with Gasteiger partial charge in [0.25, 0.3) is 0 Å².